The van der Waals surface area contributed by atoms with Crippen LogP contribution >= 0.6 is 11.6 Å². The Kier molecular flexibility index (Phi) is 3.88. The van der Waals surface area contributed by atoms with Gasteiger partial charge in [0.05, 0.1) is 6.20 Å². The largest absolute Gasteiger partial charge is 0.318 e. The van der Waals surface area contributed by atoms with Crippen molar-refractivity contribution in [2.75, 3.05) is 0 Å². The van der Waals surface area contributed by atoms with Gasteiger partial charge >= 0.3 is 0 Å². The molecule has 0 saturated heterocycles. The summed E-state index contributed by atoms with van der Waals surface area (Å²) in [5.74, 6) is -0.148. The fourth-order valence-corrected chi connectivity index (χ4v) is 2.54. The van der Waals surface area contributed by atoms with Crippen molar-refractivity contribution >= 4 is 17.4 Å². The van der Waals surface area contributed by atoms with E-state index in [4.69, 9.17) is 11.6 Å². The molecule has 0 saturated carbocycles. The van der Waals surface area contributed by atoms with E-state index >= 15 is 0 Å². The Balaban J connectivity index is 2.11. The summed E-state index contributed by atoms with van der Waals surface area (Å²) in [5.41, 5.74) is 2.33. The number of benzene rings is 1. The molecule has 0 spiro atoms. The minimum atomic E-state index is -0.148. The first-order valence-corrected chi connectivity index (χ1v) is 7.34. The van der Waals surface area contributed by atoms with E-state index in [0.717, 1.165) is 5.56 Å². The highest BCUT2D eigenvalue weighted by atomic mass is 35.5. The van der Waals surface area contributed by atoms with Crippen molar-refractivity contribution in [1.29, 1.82) is 0 Å². The van der Waals surface area contributed by atoms with Crippen LogP contribution in [0.3, 0.4) is 0 Å². The van der Waals surface area contributed by atoms with E-state index in [1.165, 1.54) is 15.3 Å². The zero-order valence-corrected chi connectivity index (χ0v) is 13.4. The maximum atomic E-state index is 12.8. The van der Waals surface area contributed by atoms with Crippen LogP contribution in [0.5, 0.6) is 0 Å². The second-order valence-electron chi connectivity index (χ2n) is 5.23. The quantitative estimate of drug-likeness (QED) is 0.695. The molecule has 5 nitrogen and oxygen atoms in total. The molecular formula is C17H14ClN3O2. The Bertz CT molecular complexity index is 939. The number of pyridine rings is 1. The lowest BCUT2D eigenvalue weighted by Gasteiger charge is -2.07. The molecule has 0 unspecified atom stereocenters. The zero-order chi connectivity index (χ0) is 16.6. The lowest BCUT2D eigenvalue weighted by molar-refractivity contribution is 0.103. The number of aryl methyl sites for hydroxylation is 2. The SMILES string of the molecule is Cn1ncc(-c2ccc(=O)n(C)c2)c1C(=O)c1ccc(Cl)cc1. The lowest BCUT2D eigenvalue weighted by Crippen LogP contribution is -2.14. The van der Waals surface area contributed by atoms with Gasteiger partial charge in [0, 0.05) is 48.1 Å². The normalized spacial score (nSPS) is 10.7. The van der Waals surface area contributed by atoms with Crippen LogP contribution in [0.1, 0.15) is 16.1 Å². The second kappa shape index (κ2) is 5.85. The summed E-state index contributed by atoms with van der Waals surface area (Å²) in [6.07, 6.45) is 3.32. The van der Waals surface area contributed by atoms with Gasteiger partial charge in [-0.25, -0.2) is 0 Å². The summed E-state index contributed by atoms with van der Waals surface area (Å²) in [6, 6.07) is 9.88. The summed E-state index contributed by atoms with van der Waals surface area (Å²) in [7, 11) is 3.39. The van der Waals surface area contributed by atoms with Gasteiger partial charge in [-0.1, -0.05) is 11.6 Å². The molecule has 0 aliphatic heterocycles. The van der Waals surface area contributed by atoms with Gasteiger partial charge in [-0.05, 0) is 30.3 Å². The molecule has 0 N–H and O–H groups in total. The maximum absolute atomic E-state index is 12.8. The van der Waals surface area contributed by atoms with E-state index in [-0.39, 0.29) is 11.3 Å². The van der Waals surface area contributed by atoms with Gasteiger partial charge in [-0.3, -0.25) is 14.3 Å². The molecule has 2 heterocycles. The van der Waals surface area contributed by atoms with Gasteiger partial charge in [0.1, 0.15) is 5.69 Å². The highest BCUT2D eigenvalue weighted by Crippen LogP contribution is 2.25. The van der Waals surface area contributed by atoms with Gasteiger partial charge in [0.15, 0.2) is 0 Å². The molecular weight excluding hydrogens is 314 g/mol. The molecule has 2 aromatic heterocycles. The van der Waals surface area contributed by atoms with E-state index < -0.39 is 0 Å². The zero-order valence-electron chi connectivity index (χ0n) is 12.7. The summed E-state index contributed by atoms with van der Waals surface area (Å²) in [6.45, 7) is 0. The average Bonchev–Trinajstić information content (AvgIpc) is 2.92. The Morgan fingerprint density at radius 3 is 2.43 bits per heavy atom. The lowest BCUT2D eigenvalue weighted by atomic mass is 10.0. The number of hydrogen-bond donors (Lipinski definition) is 0. The maximum Gasteiger partial charge on any atom is 0.250 e. The Labute approximate surface area is 137 Å². The van der Waals surface area contributed by atoms with Crippen LogP contribution in [-0.4, -0.2) is 20.1 Å². The van der Waals surface area contributed by atoms with Crippen molar-refractivity contribution in [3.05, 3.63) is 75.4 Å². The Hall–Kier alpha value is -2.66. The number of carbonyl (C=O) groups is 1. The molecule has 0 amide bonds. The van der Waals surface area contributed by atoms with Gasteiger partial charge in [-0.2, -0.15) is 5.10 Å². The molecule has 6 heteroatoms. The van der Waals surface area contributed by atoms with Crippen molar-refractivity contribution in [3.8, 4) is 11.1 Å². The first-order chi connectivity index (χ1) is 11.0. The highest BCUT2D eigenvalue weighted by Gasteiger charge is 2.20. The minimum Gasteiger partial charge on any atom is -0.318 e. The van der Waals surface area contributed by atoms with Crippen molar-refractivity contribution in [1.82, 2.24) is 14.3 Å². The predicted octanol–water partition coefficient (Wildman–Crippen LogP) is 2.67. The Morgan fingerprint density at radius 2 is 1.78 bits per heavy atom. The number of carbonyl (C=O) groups excluding carboxylic acids is 1. The second-order valence-corrected chi connectivity index (χ2v) is 5.67. The van der Waals surface area contributed by atoms with Crippen LogP contribution < -0.4 is 5.56 Å². The standard InChI is InChI=1S/C17H14ClN3O2/c1-20-10-12(5-8-15(20)22)14-9-19-21(2)16(14)17(23)11-3-6-13(18)7-4-11/h3-10H,1-2H3. The topological polar surface area (TPSA) is 56.9 Å². The first-order valence-electron chi connectivity index (χ1n) is 6.96. The molecule has 0 radical (unpaired) electrons. The molecule has 116 valence electrons. The fourth-order valence-electron chi connectivity index (χ4n) is 2.41. The number of halogens is 1. The number of aromatic nitrogens is 3. The van der Waals surface area contributed by atoms with Crippen molar-refractivity contribution in [2.24, 2.45) is 14.1 Å². The third-order valence-corrected chi connectivity index (χ3v) is 3.91. The molecule has 3 aromatic rings. The summed E-state index contributed by atoms with van der Waals surface area (Å²) in [4.78, 5) is 24.4. The fraction of sp³-hybridized carbons (Fsp3) is 0.118. The van der Waals surface area contributed by atoms with Crippen LogP contribution in [0.4, 0.5) is 0 Å². The molecule has 23 heavy (non-hydrogen) atoms. The number of hydrogen-bond acceptors (Lipinski definition) is 3. The molecule has 3 rings (SSSR count). The predicted molar refractivity (Wildman–Crippen MR) is 88.8 cm³/mol. The number of ketones is 1. The third-order valence-electron chi connectivity index (χ3n) is 3.66. The average molecular weight is 328 g/mol. The van der Waals surface area contributed by atoms with Crippen LogP contribution in [-0.2, 0) is 14.1 Å². The first kappa shape index (κ1) is 15.2. The van der Waals surface area contributed by atoms with Crippen LogP contribution in [0, 0.1) is 0 Å². The van der Waals surface area contributed by atoms with Gasteiger partial charge in [0.2, 0.25) is 11.3 Å². The van der Waals surface area contributed by atoms with Gasteiger partial charge < -0.3 is 4.57 Å². The molecule has 0 aliphatic rings. The smallest absolute Gasteiger partial charge is 0.250 e. The van der Waals surface area contributed by atoms with E-state index in [1.807, 2.05) is 0 Å². The third kappa shape index (κ3) is 2.83. The monoisotopic (exact) mass is 327 g/mol. The molecule has 1 aromatic carbocycles. The van der Waals surface area contributed by atoms with Crippen molar-refractivity contribution in [2.45, 2.75) is 0 Å². The molecule has 0 bridgehead atoms. The minimum absolute atomic E-state index is 0.108. The van der Waals surface area contributed by atoms with E-state index in [1.54, 1.807) is 56.8 Å². The van der Waals surface area contributed by atoms with Crippen LogP contribution in [0.15, 0.2) is 53.6 Å². The van der Waals surface area contributed by atoms with E-state index in [2.05, 4.69) is 5.10 Å². The summed E-state index contributed by atoms with van der Waals surface area (Å²) in [5, 5.41) is 4.77. The van der Waals surface area contributed by atoms with Crippen molar-refractivity contribution in [3.63, 3.8) is 0 Å². The van der Waals surface area contributed by atoms with Gasteiger partial charge in [-0.15, -0.1) is 0 Å². The van der Waals surface area contributed by atoms with Gasteiger partial charge in [0.25, 0.3) is 0 Å². The Morgan fingerprint density at radius 1 is 1.09 bits per heavy atom. The molecule has 0 aliphatic carbocycles. The van der Waals surface area contributed by atoms with E-state index in [9.17, 15) is 9.59 Å². The number of nitrogens with zero attached hydrogens (tertiary/aromatic N) is 3. The summed E-state index contributed by atoms with van der Waals surface area (Å²) < 4.78 is 3.01. The highest BCUT2D eigenvalue weighted by molar-refractivity contribution is 6.30. The molecule has 0 fully saturated rings. The summed E-state index contributed by atoms with van der Waals surface area (Å²) >= 11 is 5.87. The van der Waals surface area contributed by atoms with Crippen molar-refractivity contribution < 1.29 is 4.79 Å². The molecule has 0 atom stereocenters. The van der Waals surface area contributed by atoms with Crippen LogP contribution in [0.25, 0.3) is 11.1 Å². The number of rotatable bonds is 3. The van der Waals surface area contributed by atoms with Crippen LogP contribution in [0.2, 0.25) is 5.02 Å². The van der Waals surface area contributed by atoms with E-state index in [0.29, 0.717) is 21.8 Å².